The number of pyridine rings is 1. The van der Waals surface area contributed by atoms with Crippen LogP contribution in [-0.2, 0) is 10.0 Å². The molecule has 2 N–H and O–H groups in total. The molecule has 1 amide bonds. The zero-order chi connectivity index (χ0) is 14.0. The highest BCUT2D eigenvalue weighted by Gasteiger charge is 2.31. The van der Waals surface area contributed by atoms with Crippen LogP contribution in [0.5, 0.6) is 0 Å². The highest BCUT2D eigenvalue weighted by molar-refractivity contribution is 7.89. The van der Waals surface area contributed by atoms with Crippen molar-refractivity contribution in [1.82, 2.24) is 9.88 Å². The van der Waals surface area contributed by atoms with Crippen LogP contribution in [-0.4, -0.2) is 42.5 Å². The second kappa shape index (κ2) is 5.22. The molecule has 2 heterocycles. The molecule has 0 spiro atoms. The van der Waals surface area contributed by atoms with Gasteiger partial charge in [0, 0.05) is 19.3 Å². The molecule has 0 saturated carbocycles. The van der Waals surface area contributed by atoms with Gasteiger partial charge in [-0.25, -0.2) is 17.9 Å². The molecule has 1 unspecified atom stereocenters. The molecule has 19 heavy (non-hydrogen) atoms. The Bertz CT molecular complexity index is 591. The van der Waals surface area contributed by atoms with Gasteiger partial charge in [-0.2, -0.15) is 0 Å². The maximum absolute atomic E-state index is 13.5. The fourth-order valence-electron chi connectivity index (χ4n) is 2.11. The molecule has 0 bridgehead atoms. The zero-order valence-corrected chi connectivity index (χ0v) is 10.9. The number of nitrogens with two attached hydrogens (primary N) is 1. The third kappa shape index (κ3) is 3.07. The van der Waals surface area contributed by atoms with Gasteiger partial charge in [0.2, 0.25) is 10.0 Å². The first-order valence-corrected chi connectivity index (χ1v) is 7.41. The molecular weight excluding hydrogens is 273 g/mol. The van der Waals surface area contributed by atoms with E-state index in [9.17, 15) is 17.6 Å². The van der Waals surface area contributed by atoms with Crippen molar-refractivity contribution in [1.29, 1.82) is 0 Å². The van der Waals surface area contributed by atoms with Crippen LogP contribution in [0, 0.1) is 5.82 Å². The second-order valence-electron chi connectivity index (χ2n) is 4.46. The number of likely N-dealkylation sites (tertiary alicyclic amines) is 1. The quantitative estimate of drug-likeness (QED) is 0.835. The highest BCUT2D eigenvalue weighted by atomic mass is 32.2. The number of aromatic nitrogens is 1. The van der Waals surface area contributed by atoms with Crippen molar-refractivity contribution in [3.05, 3.63) is 29.8 Å². The third-order valence-electron chi connectivity index (χ3n) is 3.13. The van der Waals surface area contributed by atoms with E-state index in [2.05, 4.69) is 4.98 Å². The number of piperidine rings is 1. The summed E-state index contributed by atoms with van der Waals surface area (Å²) >= 11 is 0. The van der Waals surface area contributed by atoms with Crippen molar-refractivity contribution in [2.75, 3.05) is 13.1 Å². The normalized spacial score (nSPS) is 20.3. The van der Waals surface area contributed by atoms with Crippen LogP contribution in [0.25, 0.3) is 0 Å². The molecule has 104 valence electrons. The van der Waals surface area contributed by atoms with Crippen molar-refractivity contribution >= 4 is 15.9 Å². The Kier molecular flexibility index (Phi) is 3.81. The maximum Gasteiger partial charge on any atom is 0.256 e. The summed E-state index contributed by atoms with van der Waals surface area (Å²) in [5.74, 6) is -1.25. The monoisotopic (exact) mass is 287 g/mol. The van der Waals surface area contributed by atoms with Gasteiger partial charge in [0.05, 0.1) is 17.0 Å². The standard InChI is InChI=1S/C11H14FN3O3S/c12-10-6-14-4-3-9(10)11(16)15-5-1-2-8(7-15)19(13,17)18/h3-4,6,8H,1-2,5,7H2,(H2,13,17,18). The number of rotatable bonds is 2. The summed E-state index contributed by atoms with van der Waals surface area (Å²) in [6, 6.07) is 1.28. The van der Waals surface area contributed by atoms with Gasteiger partial charge in [-0.05, 0) is 18.9 Å². The number of hydrogen-bond donors (Lipinski definition) is 1. The molecule has 1 aliphatic rings. The molecule has 1 fully saturated rings. The summed E-state index contributed by atoms with van der Waals surface area (Å²) in [5, 5.41) is 4.31. The lowest BCUT2D eigenvalue weighted by molar-refractivity contribution is 0.0722. The molecule has 1 aromatic rings. The lowest BCUT2D eigenvalue weighted by Crippen LogP contribution is -2.47. The number of primary sulfonamides is 1. The Balaban J connectivity index is 2.19. The minimum atomic E-state index is -3.68. The van der Waals surface area contributed by atoms with Gasteiger partial charge in [-0.15, -0.1) is 0 Å². The minimum absolute atomic E-state index is 0.000566. The largest absolute Gasteiger partial charge is 0.337 e. The first-order valence-electron chi connectivity index (χ1n) is 5.80. The molecule has 1 aromatic heterocycles. The predicted molar refractivity (Wildman–Crippen MR) is 66.2 cm³/mol. The van der Waals surface area contributed by atoms with Gasteiger partial charge in [-0.1, -0.05) is 0 Å². The summed E-state index contributed by atoms with van der Waals surface area (Å²) in [6.07, 6.45) is 3.22. The van der Waals surface area contributed by atoms with E-state index in [1.165, 1.54) is 17.2 Å². The van der Waals surface area contributed by atoms with Crippen molar-refractivity contribution < 1.29 is 17.6 Å². The Morgan fingerprint density at radius 1 is 1.53 bits per heavy atom. The van der Waals surface area contributed by atoms with Crippen molar-refractivity contribution in [3.8, 4) is 0 Å². The van der Waals surface area contributed by atoms with E-state index in [4.69, 9.17) is 5.14 Å². The zero-order valence-electron chi connectivity index (χ0n) is 10.1. The van der Waals surface area contributed by atoms with Crippen molar-refractivity contribution in [2.24, 2.45) is 5.14 Å². The third-order valence-corrected chi connectivity index (χ3v) is 4.45. The van der Waals surface area contributed by atoms with Crippen LogP contribution in [0.15, 0.2) is 18.5 Å². The number of carbonyl (C=O) groups is 1. The van der Waals surface area contributed by atoms with Crippen molar-refractivity contribution in [3.63, 3.8) is 0 Å². The van der Waals surface area contributed by atoms with Crippen molar-refractivity contribution in [2.45, 2.75) is 18.1 Å². The van der Waals surface area contributed by atoms with Gasteiger partial charge in [0.25, 0.3) is 5.91 Å². The van der Waals surface area contributed by atoms with Gasteiger partial charge in [-0.3, -0.25) is 9.78 Å². The topological polar surface area (TPSA) is 93.4 Å². The van der Waals surface area contributed by atoms with Gasteiger partial charge in [0.15, 0.2) is 5.82 Å². The Morgan fingerprint density at radius 2 is 2.26 bits per heavy atom. The Hall–Kier alpha value is -1.54. The minimum Gasteiger partial charge on any atom is -0.337 e. The van der Waals surface area contributed by atoms with E-state index in [-0.39, 0.29) is 12.1 Å². The SMILES string of the molecule is NS(=O)(=O)C1CCCN(C(=O)c2ccncc2F)C1. The fraction of sp³-hybridized carbons (Fsp3) is 0.455. The molecule has 1 aliphatic heterocycles. The Morgan fingerprint density at radius 3 is 2.89 bits per heavy atom. The smallest absolute Gasteiger partial charge is 0.256 e. The van der Waals surface area contributed by atoms with E-state index in [1.54, 1.807) is 0 Å². The van der Waals surface area contributed by atoms with Crippen LogP contribution in [0.1, 0.15) is 23.2 Å². The van der Waals surface area contributed by atoms with E-state index in [1.807, 2.05) is 0 Å². The maximum atomic E-state index is 13.5. The summed E-state index contributed by atoms with van der Waals surface area (Å²) in [7, 11) is -3.68. The Labute approximate surface area is 110 Å². The van der Waals surface area contributed by atoms with E-state index in [0.29, 0.717) is 19.4 Å². The summed E-state index contributed by atoms with van der Waals surface area (Å²) in [4.78, 5) is 17.0. The average Bonchev–Trinajstić information content (AvgIpc) is 2.38. The predicted octanol–water partition coefficient (Wildman–Crippen LogP) is 0.114. The molecule has 6 nitrogen and oxygen atoms in total. The first-order chi connectivity index (χ1) is 8.89. The first kappa shape index (κ1) is 13.9. The van der Waals surface area contributed by atoms with Crippen LogP contribution >= 0.6 is 0 Å². The number of hydrogen-bond acceptors (Lipinski definition) is 4. The number of nitrogens with zero attached hydrogens (tertiary/aromatic N) is 2. The summed E-state index contributed by atoms with van der Waals surface area (Å²) < 4.78 is 36.1. The number of sulfonamides is 1. The number of halogens is 1. The molecule has 8 heteroatoms. The number of amides is 1. The molecule has 1 atom stereocenters. The van der Waals surface area contributed by atoms with Gasteiger partial charge < -0.3 is 4.90 Å². The van der Waals surface area contributed by atoms with Gasteiger partial charge >= 0.3 is 0 Å². The van der Waals surface area contributed by atoms with E-state index >= 15 is 0 Å². The number of carbonyl (C=O) groups excluding carboxylic acids is 1. The summed E-state index contributed by atoms with van der Waals surface area (Å²) in [5.41, 5.74) is -0.106. The molecule has 0 aromatic carbocycles. The second-order valence-corrected chi connectivity index (χ2v) is 6.30. The van der Waals surface area contributed by atoms with E-state index in [0.717, 1.165) is 6.20 Å². The molecule has 0 aliphatic carbocycles. The van der Waals surface area contributed by atoms with Gasteiger partial charge in [0.1, 0.15) is 0 Å². The summed E-state index contributed by atoms with van der Waals surface area (Å²) in [6.45, 7) is 0.395. The molecule has 0 radical (unpaired) electrons. The molecule has 1 saturated heterocycles. The lowest BCUT2D eigenvalue weighted by atomic mass is 10.1. The lowest BCUT2D eigenvalue weighted by Gasteiger charge is -2.31. The van der Waals surface area contributed by atoms with E-state index < -0.39 is 27.0 Å². The van der Waals surface area contributed by atoms with Crippen LogP contribution in [0.3, 0.4) is 0 Å². The van der Waals surface area contributed by atoms with Crippen LogP contribution in [0.2, 0.25) is 0 Å². The fourth-order valence-corrected chi connectivity index (χ4v) is 2.99. The van der Waals surface area contributed by atoms with Crippen LogP contribution in [0.4, 0.5) is 4.39 Å². The average molecular weight is 287 g/mol. The molecule has 2 rings (SSSR count). The highest BCUT2D eigenvalue weighted by Crippen LogP contribution is 2.18. The van der Waals surface area contributed by atoms with Crippen LogP contribution < -0.4 is 5.14 Å². The molecular formula is C11H14FN3O3S.